The maximum absolute atomic E-state index is 10.2. The molecule has 0 saturated carbocycles. The number of hydrogen-bond donors (Lipinski definition) is 0. The van der Waals surface area contributed by atoms with Crippen LogP contribution in [0.3, 0.4) is 0 Å². The van der Waals surface area contributed by atoms with Crippen LogP contribution in [-0.2, 0) is 19.2 Å². The molecule has 0 N–H and O–H groups in total. The summed E-state index contributed by atoms with van der Waals surface area (Å²) < 4.78 is 8.83. The minimum atomic E-state index is -0.747. The van der Waals surface area contributed by atoms with Crippen molar-refractivity contribution in [2.75, 3.05) is 0 Å². The first-order chi connectivity index (χ1) is 5.59. The van der Waals surface area contributed by atoms with Gasteiger partial charge >= 0.3 is 12.1 Å². The highest BCUT2D eigenvalue weighted by Crippen LogP contribution is 2.20. The molecule has 1 aliphatic rings. The summed E-state index contributed by atoms with van der Waals surface area (Å²) in [6.45, 7) is 6.58. The molecule has 0 aromatic heterocycles. The monoisotopic (exact) mass is 172 g/mol. The molecule has 0 aromatic rings. The maximum Gasteiger partial charge on any atom is 0.524 e. The van der Waals surface area contributed by atoms with Crippen molar-refractivity contribution in [2.45, 2.75) is 13.8 Å². The minimum Gasteiger partial charge on any atom is -0.357 e. The SMILES string of the molecule is C=C(C)OOC(C)=C1OC(=O)O1. The van der Waals surface area contributed by atoms with E-state index in [-0.39, 0.29) is 11.7 Å². The van der Waals surface area contributed by atoms with Gasteiger partial charge in [-0.1, -0.05) is 6.58 Å². The Kier molecular flexibility index (Phi) is 2.23. The normalized spacial score (nSPS) is 13.8. The summed E-state index contributed by atoms with van der Waals surface area (Å²) in [5, 5.41) is 0. The van der Waals surface area contributed by atoms with E-state index >= 15 is 0 Å². The zero-order valence-corrected chi connectivity index (χ0v) is 6.75. The third-order valence-corrected chi connectivity index (χ3v) is 0.948. The third kappa shape index (κ3) is 1.91. The topological polar surface area (TPSA) is 54.0 Å². The molecular weight excluding hydrogens is 164 g/mol. The smallest absolute Gasteiger partial charge is 0.357 e. The molecule has 12 heavy (non-hydrogen) atoms. The Morgan fingerprint density at radius 1 is 1.33 bits per heavy atom. The summed E-state index contributed by atoms with van der Waals surface area (Å²) in [5.74, 6) is 0.638. The number of ether oxygens (including phenoxy) is 2. The highest BCUT2D eigenvalue weighted by atomic mass is 17.2. The highest BCUT2D eigenvalue weighted by Gasteiger charge is 2.28. The van der Waals surface area contributed by atoms with E-state index in [9.17, 15) is 4.79 Å². The molecule has 0 aliphatic carbocycles. The molecule has 0 unspecified atom stereocenters. The molecule has 0 bridgehead atoms. The van der Waals surface area contributed by atoms with Crippen molar-refractivity contribution in [2.24, 2.45) is 0 Å². The van der Waals surface area contributed by atoms with Gasteiger partial charge in [0.15, 0.2) is 0 Å². The van der Waals surface area contributed by atoms with Gasteiger partial charge < -0.3 is 9.47 Å². The van der Waals surface area contributed by atoms with Gasteiger partial charge in [0, 0.05) is 6.92 Å². The predicted molar refractivity (Wildman–Crippen MR) is 37.3 cm³/mol. The lowest BCUT2D eigenvalue weighted by Gasteiger charge is -2.17. The summed E-state index contributed by atoms with van der Waals surface area (Å²) in [5.41, 5.74) is 0. The van der Waals surface area contributed by atoms with Gasteiger partial charge in [0.1, 0.15) is 5.76 Å². The summed E-state index contributed by atoms with van der Waals surface area (Å²) in [7, 11) is 0. The van der Waals surface area contributed by atoms with Crippen LogP contribution in [0.4, 0.5) is 4.79 Å². The maximum atomic E-state index is 10.2. The minimum absolute atomic E-state index is 0.0150. The largest absolute Gasteiger partial charge is 0.524 e. The Labute approximate surface area is 69.1 Å². The second-order valence-electron chi connectivity index (χ2n) is 2.17. The van der Waals surface area contributed by atoms with Crippen LogP contribution in [0.25, 0.3) is 0 Å². The van der Waals surface area contributed by atoms with E-state index in [1.165, 1.54) is 6.92 Å². The molecule has 1 heterocycles. The third-order valence-electron chi connectivity index (χ3n) is 0.948. The molecular formula is C7H8O5. The van der Waals surface area contributed by atoms with E-state index in [1.807, 2.05) is 0 Å². The van der Waals surface area contributed by atoms with Crippen LogP contribution in [-0.4, -0.2) is 6.16 Å². The Morgan fingerprint density at radius 2 is 1.92 bits per heavy atom. The molecule has 0 atom stereocenters. The van der Waals surface area contributed by atoms with Crippen molar-refractivity contribution >= 4 is 6.16 Å². The van der Waals surface area contributed by atoms with Crippen molar-refractivity contribution in [3.63, 3.8) is 0 Å². The van der Waals surface area contributed by atoms with E-state index in [1.54, 1.807) is 6.92 Å². The van der Waals surface area contributed by atoms with Crippen LogP contribution in [0.1, 0.15) is 13.8 Å². The van der Waals surface area contributed by atoms with Gasteiger partial charge in [-0.25, -0.2) is 4.79 Å². The van der Waals surface area contributed by atoms with Gasteiger partial charge in [-0.15, -0.1) is 0 Å². The molecule has 1 rings (SSSR count). The first kappa shape index (κ1) is 8.45. The summed E-state index contributed by atoms with van der Waals surface area (Å²) in [6, 6.07) is 0. The average Bonchev–Trinajstić information content (AvgIpc) is 1.94. The molecule has 0 aromatic carbocycles. The number of cyclic esters (lactones) is 2. The molecule has 1 saturated heterocycles. The Morgan fingerprint density at radius 3 is 2.33 bits per heavy atom. The summed E-state index contributed by atoms with van der Waals surface area (Å²) in [4.78, 5) is 19.4. The van der Waals surface area contributed by atoms with Crippen LogP contribution in [0, 0.1) is 0 Å². The van der Waals surface area contributed by atoms with E-state index in [0.29, 0.717) is 5.76 Å². The fourth-order valence-corrected chi connectivity index (χ4v) is 0.470. The highest BCUT2D eigenvalue weighted by molar-refractivity contribution is 5.67. The lowest BCUT2D eigenvalue weighted by atomic mass is 10.6. The molecule has 1 aliphatic heterocycles. The Balaban J connectivity index is 2.37. The zero-order chi connectivity index (χ0) is 9.14. The van der Waals surface area contributed by atoms with Crippen LogP contribution in [0.5, 0.6) is 0 Å². The Hall–Kier alpha value is -1.65. The summed E-state index contributed by atoms with van der Waals surface area (Å²) >= 11 is 0. The van der Waals surface area contributed by atoms with Gasteiger partial charge in [-0.3, -0.25) is 9.78 Å². The van der Waals surface area contributed by atoms with E-state index in [0.717, 1.165) is 0 Å². The molecule has 5 nitrogen and oxygen atoms in total. The standard InChI is InChI=1S/C7H8O5/c1-4(2)11-12-5(3)6-9-7(8)10-6/h1H2,2-3H3. The molecule has 1 fully saturated rings. The van der Waals surface area contributed by atoms with Crippen LogP contribution >= 0.6 is 0 Å². The molecule has 5 heteroatoms. The van der Waals surface area contributed by atoms with Crippen molar-refractivity contribution in [1.82, 2.24) is 0 Å². The van der Waals surface area contributed by atoms with Gasteiger partial charge in [0.2, 0.25) is 5.76 Å². The second-order valence-corrected chi connectivity index (χ2v) is 2.17. The summed E-state index contributed by atoms with van der Waals surface area (Å²) in [6.07, 6.45) is -0.747. The van der Waals surface area contributed by atoms with Gasteiger partial charge in [-0.2, -0.15) is 0 Å². The predicted octanol–water partition coefficient (Wildman–Crippen LogP) is 1.82. The lowest BCUT2D eigenvalue weighted by Crippen LogP contribution is -2.22. The van der Waals surface area contributed by atoms with Gasteiger partial charge in [-0.05, 0) is 6.92 Å². The Bertz CT molecular complexity index is 243. The van der Waals surface area contributed by atoms with Gasteiger partial charge in [0.05, 0.1) is 0 Å². The zero-order valence-electron chi connectivity index (χ0n) is 6.75. The number of carbonyl (C=O) groups is 1. The quantitative estimate of drug-likeness (QED) is 0.281. The molecule has 66 valence electrons. The molecule has 0 spiro atoms. The number of allylic oxidation sites excluding steroid dienone is 2. The molecule has 0 amide bonds. The fraction of sp³-hybridized carbons (Fsp3) is 0.286. The number of rotatable bonds is 3. The van der Waals surface area contributed by atoms with E-state index in [4.69, 9.17) is 0 Å². The van der Waals surface area contributed by atoms with Crippen LogP contribution in [0.15, 0.2) is 24.0 Å². The number of carbonyl (C=O) groups excluding carboxylic acids is 1. The lowest BCUT2D eigenvalue weighted by molar-refractivity contribution is -0.233. The van der Waals surface area contributed by atoms with Crippen molar-refractivity contribution in [3.8, 4) is 0 Å². The fourth-order valence-electron chi connectivity index (χ4n) is 0.470. The van der Waals surface area contributed by atoms with E-state index in [2.05, 4.69) is 25.8 Å². The average molecular weight is 172 g/mol. The second kappa shape index (κ2) is 3.17. The van der Waals surface area contributed by atoms with Gasteiger partial charge in [0.25, 0.3) is 0 Å². The number of hydrogen-bond acceptors (Lipinski definition) is 5. The first-order valence-corrected chi connectivity index (χ1v) is 3.20. The molecule has 0 radical (unpaired) electrons. The first-order valence-electron chi connectivity index (χ1n) is 3.20. The van der Waals surface area contributed by atoms with Crippen molar-refractivity contribution in [1.29, 1.82) is 0 Å². The van der Waals surface area contributed by atoms with Crippen LogP contribution in [0.2, 0.25) is 0 Å². The van der Waals surface area contributed by atoms with Crippen LogP contribution < -0.4 is 0 Å². The van der Waals surface area contributed by atoms with E-state index < -0.39 is 6.16 Å². The van der Waals surface area contributed by atoms with Crippen molar-refractivity contribution < 1.29 is 24.0 Å². The van der Waals surface area contributed by atoms with Crippen molar-refractivity contribution in [3.05, 3.63) is 24.0 Å².